The lowest BCUT2D eigenvalue weighted by Gasteiger charge is -2.29. The Hall–Kier alpha value is -2.49. The minimum absolute atomic E-state index is 0.0726. The molecule has 0 saturated carbocycles. The van der Waals surface area contributed by atoms with Gasteiger partial charge in [-0.2, -0.15) is 0 Å². The fourth-order valence-corrected chi connectivity index (χ4v) is 2.82. The molecule has 9 heteroatoms. The Morgan fingerprint density at radius 2 is 1.70 bits per heavy atom. The van der Waals surface area contributed by atoms with E-state index in [1.54, 1.807) is 0 Å². The second kappa shape index (κ2) is 10.0. The van der Waals surface area contributed by atoms with Crippen molar-refractivity contribution in [3.63, 3.8) is 0 Å². The molecule has 1 heterocycles. The zero-order chi connectivity index (χ0) is 21.7. The molecule has 3 rings (SSSR count). The standard InChI is InChI=1S/C21H20F4O5/c1-2-5-27-9-12-10-28-21(29-11-12)13-3-4-15(16(22)6-13)20(26)30-14-7-17(23)19(25)18(24)8-14/h3-4,6-8,12,21H,2,5,9-11H2,1H3. The summed E-state index contributed by atoms with van der Waals surface area (Å²) in [5, 5.41) is 0. The van der Waals surface area contributed by atoms with Gasteiger partial charge in [0.1, 0.15) is 11.6 Å². The van der Waals surface area contributed by atoms with E-state index in [0.29, 0.717) is 44.1 Å². The monoisotopic (exact) mass is 428 g/mol. The van der Waals surface area contributed by atoms with Crippen molar-refractivity contribution in [2.45, 2.75) is 19.6 Å². The van der Waals surface area contributed by atoms with Crippen molar-refractivity contribution in [2.24, 2.45) is 5.92 Å². The number of halogens is 4. The van der Waals surface area contributed by atoms with Crippen LogP contribution in [0.3, 0.4) is 0 Å². The molecule has 0 radical (unpaired) electrons. The fourth-order valence-electron chi connectivity index (χ4n) is 2.82. The van der Waals surface area contributed by atoms with Crippen molar-refractivity contribution in [2.75, 3.05) is 26.4 Å². The molecule has 162 valence electrons. The van der Waals surface area contributed by atoms with Crippen LogP contribution in [0.5, 0.6) is 5.75 Å². The smallest absolute Gasteiger partial charge is 0.346 e. The van der Waals surface area contributed by atoms with Crippen molar-refractivity contribution in [3.8, 4) is 5.75 Å². The molecule has 2 aromatic carbocycles. The molecule has 0 unspecified atom stereocenters. The maximum Gasteiger partial charge on any atom is 0.346 e. The first kappa shape index (κ1) is 22.2. The molecule has 0 aliphatic carbocycles. The molecule has 0 amide bonds. The van der Waals surface area contributed by atoms with E-state index in [-0.39, 0.29) is 5.92 Å². The lowest BCUT2D eigenvalue weighted by atomic mass is 10.1. The van der Waals surface area contributed by atoms with Gasteiger partial charge in [-0.05, 0) is 18.6 Å². The third-order valence-electron chi connectivity index (χ3n) is 4.32. The van der Waals surface area contributed by atoms with E-state index in [0.717, 1.165) is 18.6 Å². The summed E-state index contributed by atoms with van der Waals surface area (Å²) in [7, 11) is 0. The second-order valence-corrected chi connectivity index (χ2v) is 6.77. The number of hydrogen-bond acceptors (Lipinski definition) is 5. The first-order chi connectivity index (χ1) is 14.4. The molecule has 0 bridgehead atoms. The molecule has 1 aliphatic heterocycles. The Balaban J connectivity index is 1.62. The number of rotatable bonds is 7. The fraction of sp³-hybridized carbons (Fsp3) is 0.381. The number of hydrogen-bond donors (Lipinski definition) is 0. The van der Waals surface area contributed by atoms with Crippen molar-refractivity contribution in [1.29, 1.82) is 0 Å². The number of ether oxygens (including phenoxy) is 4. The molecule has 5 nitrogen and oxygen atoms in total. The predicted molar refractivity (Wildman–Crippen MR) is 96.9 cm³/mol. The van der Waals surface area contributed by atoms with Gasteiger partial charge in [0.05, 0.1) is 25.4 Å². The molecule has 2 aromatic rings. The molecule has 1 aliphatic rings. The van der Waals surface area contributed by atoms with Crippen LogP contribution in [0, 0.1) is 29.2 Å². The van der Waals surface area contributed by atoms with Gasteiger partial charge in [-0.15, -0.1) is 0 Å². The Labute approximate surface area is 170 Å². The van der Waals surface area contributed by atoms with Crippen LogP contribution in [0.15, 0.2) is 30.3 Å². The minimum atomic E-state index is -1.70. The largest absolute Gasteiger partial charge is 0.423 e. The summed E-state index contributed by atoms with van der Waals surface area (Å²) >= 11 is 0. The Morgan fingerprint density at radius 1 is 1.03 bits per heavy atom. The number of benzene rings is 2. The third kappa shape index (κ3) is 5.35. The summed E-state index contributed by atoms with van der Waals surface area (Å²) in [5.74, 6) is -7.39. The van der Waals surface area contributed by atoms with E-state index in [9.17, 15) is 22.4 Å². The van der Waals surface area contributed by atoms with Gasteiger partial charge in [0.15, 0.2) is 23.7 Å². The number of esters is 1. The lowest BCUT2D eigenvalue weighted by Crippen LogP contribution is -2.30. The van der Waals surface area contributed by atoms with Gasteiger partial charge in [-0.25, -0.2) is 22.4 Å². The van der Waals surface area contributed by atoms with E-state index in [2.05, 4.69) is 0 Å². The van der Waals surface area contributed by atoms with Gasteiger partial charge in [0, 0.05) is 30.2 Å². The molecular formula is C21H20F4O5. The molecule has 0 aromatic heterocycles. The van der Waals surface area contributed by atoms with Crippen LogP contribution in [0.2, 0.25) is 0 Å². The highest BCUT2D eigenvalue weighted by Gasteiger charge is 2.25. The van der Waals surface area contributed by atoms with E-state index < -0.39 is 46.8 Å². The number of carbonyl (C=O) groups is 1. The second-order valence-electron chi connectivity index (χ2n) is 6.77. The van der Waals surface area contributed by atoms with E-state index >= 15 is 0 Å². The summed E-state index contributed by atoms with van der Waals surface area (Å²) in [6, 6.07) is 4.61. The van der Waals surface area contributed by atoms with Gasteiger partial charge < -0.3 is 18.9 Å². The molecule has 1 fully saturated rings. The molecule has 0 N–H and O–H groups in total. The minimum Gasteiger partial charge on any atom is -0.423 e. The van der Waals surface area contributed by atoms with Gasteiger partial charge in [-0.1, -0.05) is 13.0 Å². The first-order valence-corrected chi connectivity index (χ1v) is 9.36. The molecule has 0 atom stereocenters. The Bertz CT molecular complexity index is 874. The van der Waals surface area contributed by atoms with Crippen LogP contribution < -0.4 is 4.74 Å². The van der Waals surface area contributed by atoms with Crippen LogP contribution in [-0.2, 0) is 14.2 Å². The highest BCUT2D eigenvalue weighted by atomic mass is 19.2. The summed E-state index contributed by atoms with van der Waals surface area (Å²) < 4.78 is 75.2. The van der Waals surface area contributed by atoms with Crippen molar-refractivity contribution >= 4 is 5.97 Å². The van der Waals surface area contributed by atoms with Gasteiger partial charge in [0.2, 0.25) is 0 Å². The molecule has 1 saturated heterocycles. The zero-order valence-corrected chi connectivity index (χ0v) is 16.1. The van der Waals surface area contributed by atoms with E-state index in [1.165, 1.54) is 6.07 Å². The van der Waals surface area contributed by atoms with Crippen molar-refractivity contribution < 1.29 is 41.3 Å². The topological polar surface area (TPSA) is 54.0 Å². The summed E-state index contributed by atoms with van der Waals surface area (Å²) in [6.07, 6.45) is 0.114. The lowest BCUT2D eigenvalue weighted by molar-refractivity contribution is -0.212. The number of carbonyl (C=O) groups excluding carboxylic acids is 1. The third-order valence-corrected chi connectivity index (χ3v) is 4.32. The van der Waals surface area contributed by atoms with Crippen LogP contribution in [-0.4, -0.2) is 32.4 Å². The molecular weight excluding hydrogens is 408 g/mol. The van der Waals surface area contributed by atoms with Crippen LogP contribution in [0.4, 0.5) is 17.6 Å². The maximum absolute atomic E-state index is 14.4. The first-order valence-electron chi connectivity index (χ1n) is 9.36. The molecule has 0 spiro atoms. The van der Waals surface area contributed by atoms with Crippen molar-refractivity contribution in [3.05, 3.63) is 64.7 Å². The predicted octanol–water partition coefficient (Wildman–Crippen LogP) is 4.55. The molecule has 30 heavy (non-hydrogen) atoms. The van der Waals surface area contributed by atoms with Gasteiger partial charge in [-0.3, -0.25) is 0 Å². The summed E-state index contributed by atoms with van der Waals surface area (Å²) in [6.45, 7) is 3.92. The van der Waals surface area contributed by atoms with E-state index in [4.69, 9.17) is 18.9 Å². The SMILES string of the molecule is CCCOCC1COC(c2ccc(C(=O)Oc3cc(F)c(F)c(F)c3)c(F)c2)OC1. The van der Waals surface area contributed by atoms with Gasteiger partial charge in [0.25, 0.3) is 0 Å². The highest BCUT2D eigenvalue weighted by molar-refractivity contribution is 5.91. The Morgan fingerprint density at radius 3 is 2.30 bits per heavy atom. The summed E-state index contributed by atoms with van der Waals surface area (Å²) in [4.78, 5) is 12.1. The van der Waals surface area contributed by atoms with Crippen LogP contribution in [0.1, 0.15) is 35.6 Å². The van der Waals surface area contributed by atoms with Crippen LogP contribution in [0.25, 0.3) is 0 Å². The zero-order valence-electron chi connectivity index (χ0n) is 16.1. The van der Waals surface area contributed by atoms with Crippen LogP contribution >= 0.6 is 0 Å². The summed E-state index contributed by atoms with van der Waals surface area (Å²) in [5.41, 5.74) is -0.110. The Kier molecular flexibility index (Phi) is 7.41. The van der Waals surface area contributed by atoms with Gasteiger partial charge >= 0.3 is 5.97 Å². The highest BCUT2D eigenvalue weighted by Crippen LogP contribution is 2.27. The normalized spacial score (nSPS) is 19.0. The van der Waals surface area contributed by atoms with Crippen molar-refractivity contribution in [1.82, 2.24) is 0 Å². The quantitative estimate of drug-likeness (QED) is 0.213. The maximum atomic E-state index is 14.4. The van der Waals surface area contributed by atoms with E-state index in [1.807, 2.05) is 6.92 Å². The average Bonchev–Trinajstić information content (AvgIpc) is 2.72. The average molecular weight is 428 g/mol.